The molecule has 0 amide bonds. The van der Waals surface area contributed by atoms with Crippen LogP contribution in [0.4, 0.5) is 0 Å². The van der Waals surface area contributed by atoms with Crippen molar-refractivity contribution < 1.29 is 0 Å². The summed E-state index contributed by atoms with van der Waals surface area (Å²) in [6.45, 7) is 8.97. The number of benzene rings is 1. The van der Waals surface area contributed by atoms with Crippen molar-refractivity contribution in [2.45, 2.75) is 52.1 Å². The third-order valence-corrected chi connectivity index (χ3v) is 2.92. The third-order valence-electron chi connectivity index (χ3n) is 2.92. The molecule has 84 valence electrons. The van der Waals surface area contributed by atoms with Crippen molar-refractivity contribution in [2.24, 2.45) is 0 Å². The van der Waals surface area contributed by atoms with Crippen molar-refractivity contribution in [3.05, 3.63) is 35.9 Å². The van der Waals surface area contributed by atoms with Crippen LogP contribution in [0, 0.1) is 0 Å². The van der Waals surface area contributed by atoms with Crippen molar-refractivity contribution in [1.82, 2.24) is 5.32 Å². The molecule has 15 heavy (non-hydrogen) atoms. The van der Waals surface area contributed by atoms with E-state index in [4.69, 9.17) is 0 Å². The zero-order valence-corrected chi connectivity index (χ0v) is 10.3. The van der Waals surface area contributed by atoms with Crippen LogP contribution in [-0.4, -0.2) is 12.1 Å². The molecule has 0 aliphatic heterocycles. The van der Waals surface area contributed by atoms with Crippen LogP contribution in [0.5, 0.6) is 0 Å². The highest BCUT2D eigenvalue weighted by Crippen LogP contribution is 2.21. The van der Waals surface area contributed by atoms with Crippen LogP contribution in [0.25, 0.3) is 0 Å². The molecular weight excluding hydrogens is 182 g/mol. The van der Waals surface area contributed by atoms with E-state index in [1.165, 1.54) is 12.0 Å². The van der Waals surface area contributed by atoms with E-state index in [9.17, 15) is 0 Å². The molecule has 0 saturated carbocycles. The summed E-state index contributed by atoms with van der Waals surface area (Å²) in [5, 5.41) is 3.63. The van der Waals surface area contributed by atoms with E-state index < -0.39 is 0 Å². The molecule has 0 aromatic heterocycles. The van der Waals surface area contributed by atoms with Crippen LogP contribution in [-0.2, 0) is 0 Å². The maximum absolute atomic E-state index is 3.63. The second kappa shape index (κ2) is 5.92. The van der Waals surface area contributed by atoms with Gasteiger partial charge in [-0.15, -0.1) is 0 Å². The predicted octanol–water partition coefficient (Wildman–Crippen LogP) is 3.57. The Bertz CT molecular complexity index is 266. The molecule has 0 heterocycles. The van der Waals surface area contributed by atoms with E-state index in [1.807, 2.05) is 0 Å². The fourth-order valence-electron chi connectivity index (χ4n) is 2.03. The van der Waals surface area contributed by atoms with E-state index in [1.54, 1.807) is 0 Å². The molecule has 0 bridgehead atoms. The van der Waals surface area contributed by atoms with E-state index in [2.05, 4.69) is 63.3 Å². The van der Waals surface area contributed by atoms with Gasteiger partial charge in [-0.25, -0.2) is 0 Å². The molecule has 0 radical (unpaired) electrons. The third kappa shape index (κ3) is 3.67. The molecule has 0 aliphatic rings. The van der Waals surface area contributed by atoms with Crippen LogP contribution in [0.15, 0.2) is 30.3 Å². The lowest BCUT2D eigenvalue weighted by atomic mass is 9.91. The molecule has 0 saturated heterocycles. The number of hydrogen-bond acceptors (Lipinski definition) is 1. The highest BCUT2D eigenvalue weighted by Gasteiger charge is 2.17. The highest BCUT2D eigenvalue weighted by molar-refractivity contribution is 5.20. The van der Waals surface area contributed by atoms with Crippen molar-refractivity contribution in [1.29, 1.82) is 0 Å². The van der Waals surface area contributed by atoms with Gasteiger partial charge in [0.25, 0.3) is 0 Å². The Morgan fingerprint density at radius 1 is 1.07 bits per heavy atom. The smallest absolute Gasteiger partial charge is 0.0133 e. The summed E-state index contributed by atoms with van der Waals surface area (Å²) in [6.07, 6.45) is 1.17. The fraction of sp³-hybridized carbons (Fsp3) is 0.571. The predicted molar refractivity (Wildman–Crippen MR) is 67.2 cm³/mol. The SMILES string of the molecule is CCC(NC(C)C)C(C)c1ccccc1. The van der Waals surface area contributed by atoms with Gasteiger partial charge in [0.1, 0.15) is 0 Å². The Labute approximate surface area is 93.9 Å². The summed E-state index contributed by atoms with van der Waals surface area (Å²) in [7, 11) is 0. The topological polar surface area (TPSA) is 12.0 Å². The van der Waals surface area contributed by atoms with Crippen LogP contribution in [0.3, 0.4) is 0 Å². The van der Waals surface area contributed by atoms with Gasteiger partial charge in [-0.1, -0.05) is 58.0 Å². The molecule has 1 aromatic carbocycles. The normalized spacial score (nSPS) is 15.3. The molecule has 1 aromatic rings. The van der Waals surface area contributed by atoms with Gasteiger partial charge in [-0.2, -0.15) is 0 Å². The van der Waals surface area contributed by atoms with Gasteiger partial charge in [0.05, 0.1) is 0 Å². The van der Waals surface area contributed by atoms with Crippen LogP contribution >= 0.6 is 0 Å². The monoisotopic (exact) mass is 205 g/mol. The van der Waals surface area contributed by atoms with Crippen molar-refractivity contribution in [2.75, 3.05) is 0 Å². The van der Waals surface area contributed by atoms with Gasteiger partial charge >= 0.3 is 0 Å². The van der Waals surface area contributed by atoms with Gasteiger partial charge in [0.2, 0.25) is 0 Å². The quantitative estimate of drug-likeness (QED) is 0.775. The number of rotatable bonds is 5. The second-order valence-corrected chi connectivity index (χ2v) is 4.54. The van der Waals surface area contributed by atoms with Crippen molar-refractivity contribution in [3.63, 3.8) is 0 Å². The van der Waals surface area contributed by atoms with Crippen LogP contribution < -0.4 is 5.32 Å². The molecule has 0 fully saturated rings. The van der Waals surface area contributed by atoms with E-state index in [0.717, 1.165) is 0 Å². The first-order chi connectivity index (χ1) is 7.15. The minimum atomic E-state index is 0.557. The maximum atomic E-state index is 3.63. The highest BCUT2D eigenvalue weighted by atomic mass is 14.9. The summed E-state index contributed by atoms with van der Waals surface area (Å²) in [4.78, 5) is 0. The average Bonchev–Trinajstić information content (AvgIpc) is 2.26. The summed E-state index contributed by atoms with van der Waals surface area (Å²) in [5.41, 5.74) is 1.43. The molecule has 0 spiro atoms. The summed E-state index contributed by atoms with van der Waals surface area (Å²) >= 11 is 0. The van der Waals surface area contributed by atoms with Crippen molar-refractivity contribution >= 4 is 0 Å². The molecular formula is C14H23N. The van der Waals surface area contributed by atoms with Crippen molar-refractivity contribution in [3.8, 4) is 0 Å². The molecule has 1 rings (SSSR count). The van der Waals surface area contributed by atoms with E-state index >= 15 is 0 Å². The van der Waals surface area contributed by atoms with Gasteiger partial charge in [-0.05, 0) is 17.9 Å². The fourth-order valence-corrected chi connectivity index (χ4v) is 2.03. The summed E-state index contributed by atoms with van der Waals surface area (Å²) < 4.78 is 0. The van der Waals surface area contributed by atoms with Gasteiger partial charge in [0.15, 0.2) is 0 Å². The second-order valence-electron chi connectivity index (χ2n) is 4.54. The molecule has 0 aliphatic carbocycles. The largest absolute Gasteiger partial charge is 0.311 e. The zero-order valence-electron chi connectivity index (χ0n) is 10.3. The molecule has 2 atom stereocenters. The molecule has 1 N–H and O–H groups in total. The lowest BCUT2D eigenvalue weighted by Crippen LogP contribution is -2.37. The Kier molecular flexibility index (Phi) is 4.83. The van der Waals surface area contributed by atoms with Gasteiger partial charge < -0.3 is 5.32 Å². The van der Waals surface area contributed by atoms with Crippen LogP contribution in [0.1, 0.15) is 45.6 Å². The number of hydrogen-bond donors (Lipinski definition) is 1. The first-order valence-electron chi connectivity index (χ1n) is 5.96. The Morgan fingerprint density at radius 3 is 2.13 bits per heavy atom. The summed E-state index contributed by atoms with van der Waals surface area (Å²) in [6, 6.07) is 11.9. The standard InChI is InChI=1S/C14H23N/c1-5-14(15-11(2)3)12(4)13-9-7-6-8-10-13/h6-12,14-15H,5H2,1-4H3. The van der Waals surface area contributed by atoms with Crippen LogP contribution in [0.2, 0.25) is 0 Å². The molecule has 2 unspecified atom stereocenters. The average molecular weight is 205 g/mol. The minimum Gasteiger partial charge on any atom is -0.311 e. The van der Waals surface area contributed by atoms with Gasteiger partial charge in [0, 0.05) is 12.1 Å². The lowest BCUT2D eigenvalue weighted by molar-refractivity contribution is 0.403. The maximum Gasteiger partial charge on any atom is 0.0133 e. The molecule has 1 nitrogen and oxygen atoms in total. The lowest BCUT2D eigenvalue weighted by Gasteiger charge is -2.26. The first-order valence-corrected chi connectivity index (χ1v) is 5.96. The first kappa shape index (κ1) is 12.3. The summed E-state index contributed by atoms with van der Waals surface area (Å²) in [5.74, 6) is 0.582. The Hall–Kier alpha value is -0.820. The number of nitrogens with one attached hydrogen (secondary N) is 1. The molecule has 1 heteroatoms. The van der Waals surface area contributed by atoms with E-state index in [-0.39, 0.29) is 0 Å². The Morgan fingerprint density at radius 2 is 1.67 bits per heavy atom. The Balaban J connectivity index is 2.69. The van der Waals surface area contributed by atoms with Gasteiger partial charge in [-0.3, -0.25) is 0 Å². The minimum absolute atomic E-state index is 0.557. The zero-order chi connectivity index (χ0) is 11.3. The van der Waals surface area contributed by atoms with E-state index in [0.29, 0.717) is 18.0 Å².